The van der Waals surface area contributed by atoms with Crippen LogP contribution in [-0.2, 0) is 0 Å². The molecule has 0 radical (unpaired) electrons. The highest BCUT2D eigenvalue weighted by Crippen LogP contribution is 2.24. The lowest BCUT2D eigenvalue weighted by Gasteiger charge is -2.39. The van der Waals surface area contributed by atoms with Crippen LogP contribution in [0.15, 0.2) is 0 Å². The zero-order valence-electron chi connectivity index (χ0n) is 11.1. The van der Waals surface area contributed by atoms with Gasteiger partial charge in [0.15, 0.2) is 5.11 Å². The van der Waals surface area contributed by atoms with Crippen molar-refractivity contribution < 1.29 is 0 Å². The molecule has 1 N–H and O–H groups in total. The highest BCUT2D eigenvalue weighted by atomic mass is 32.1. The molecule has 1 aliphatic heterocycles. The molecule has 0 spiro atoms. The van der Waals surface area contributed by atoms with E-state index in [2.05, 4.69) is 29.0 Å². The first kappa shape index (κ1) is 13.1. The average molecular weight is 255 g/mol. The molecule has 0 unspecified atom stereocenters. The Labute approximate surface area is 111 Å². The van der Waals surface area contributed by atoms with E-state index in [1.54, 1.807) is 0 Å². The minimum absolute atomic E-state index is 0.440. The molecule has 2 aliphatic rings. The number of hydrogen-bond acceptors (Lipinski definition) is 2. The largest absolute Gasteiger partial charge is 0.360 e. The van der Waals surface area contributed by atoms with Gasteiger partial charge in [0.05, 0.1) is 0 Å². The van der Waals surface area contributed by atoms with Crippen molar-refractivity contribution >= 4 is 17.3 Å². The average Bonchev–Trinajstić information content (AvgIpc) is 2.82. The fraction of sp³-hybridized carbons (Fsp3) is 0.923. The maximum atomic E-state index is 5.42. The molecule has 1 saturated heterocycles. The Morgan fingerprint density at radius 3 is 2.24 bits per heavy atom. The lowest BCUT2D eigenvalue weighted by Crippen LogP contribution is -2.54. The maximum Gasteiger partial charge on any atom is 0.169 e. The first-order chi connectivity index (χ1) is 8.16. The third-order valence-corrected chi connectivity index (χ3v) is 4.23. The number of rotatable bonds is 2. The molecular weight excluding hydrogens is 230 g/mol. The molecule has 0 aromatic rings. The van der Waals surface area contributed by atoms with E-state index < -0.39 is 0 Å². The van der Waals surface area contributed by atoms with Gasteiger partial charge < -0.3 is 10.2 Å². The van der Waals surface area contributed by atoms with Gasteiger partial charge in [0.2, 0.25) is 0 Å². The topological polar surface area (TPSA) is 18.5 Å². The summed E-state index contributed by atoms with van der Waals surface area (Å²) in [5, 5.41) is 4.27. The van der Waals surface area contributed by atoms with E-state index >= 15 is 0 Å². The number of nitrogens with one attached hydrogen (secondary N) is 1. The Hall–Kier alpha value is -0.350. The van der Waals surface area contributed by atoms with Gasteiger partial charge in [-0.1, -0.05) is 12.8 Å². The Morgan fingerprint density at radius 1 is 1.12 bits per heavy atom. The number of nitrogens with zero attached hydrogens (tertiary/aromatic N) is 2. The minimum Gasteiger partial charge on any atom is -0.360 e. The van der Waals surface area contributed by atoms with Crippen LogP contribution in [0.1, 0.15) is 39.5 Å². The molecule has 0 bridgehead atoms. The van der Waals surface area contributed by atoms with Gasteiger partial charge >= 0.3 is 0 Å². The van der Waals surface area contributed by atoms with Crippen LogP contribution in [0.5, 0.6) is 0 Å². The van der Waals surface area contributed by atoms with Gasteiger partial charge in [0, 0.05) is 38.3 Å². The van der Waals surface area contributed by atoms with Gasteiger partial charge in [-0.25, -0.2) is 0 Å². The molecule has 0 aromatic carbocycles. The summed E-state index contributed by atoms with van der Waals surface area (Å²) in [6.45, 7) is 8.83. The molecule has 17 heavy (non-hydrogen) atoms. The van der Waals surface area contributed by atoms with Crippen molar-refractivity contribution in [3.8, 4) is 0 Å². The smallest absolute Gasteiger partial charge is 0.169 e. The zero-order valence-corrected chi connectivity index (χ0v) is 11.9. The fourth-order valence-corrected chi connectivity index (χ4v) is 3.32. The van der Waals surface area contributed by atoms with Crippen LogP contribution in [0.3, 0.4) is 0 Å². The Bertz CT molecular complexity index is 253. The van der Waals surface area contributed by atoms with E-state index in [1.165, 1.54) is 38.8 Å². The van der Waals surface area contributed by atoms with Crippen molar-refractivity contribution in [3.05, 3.63) is 0 Å². The zero-order chi connectivity index (χ0) is 12.3. The minimum atomic E-state index is 0.440. The van der Waals surface area contributed by atoms with Crippen molar-refractivity contribution in [2.24, 2.45) is 0 Å². The van der Waals surface area contributed by atoms with Crippen molar-refractivity contribution in [3.63, 3.8) is 0 Å². The quantitative estimate of drug-likeness (QED) is 0.759. The van der Waals surface area contributed by atoms with Crippen molar-refractivity contribution in [1.82, 2.24) is 15.1 Å². The van der Waals surface area contributed by atoms with E-state index in [0.29, 0.717) is 6.04 Å². The molecule has 0 aromatic heterocycles. The highest BCUT2D eigenvalue weighted by Gasteiger charge is 2.26. The van der Waals surface area contributed by atoms with Crippen LogP contribution in [0, 0.1) is 0 Å². The van der Waals surface area contributed by atoms with Crippen molar-refractivity contribution in [1.29, 1.82) is 0 Å². The summed E-state index contributed by atoms with van der Waals surface area (Å²) in [7, 11) is 0. The van der Waals surface area contributed by atoms with E-state index in [1.807, 2.05) is 0 Å². The Kier molecular flexibility index (Phi) is 4.62. The molecule has 2 rings (SSSR count). The molecular formula is C13H25N3S. The number of piperazine rings is 1. The van der Waals surface area contributed by atoms with Gasteiger partial charge in [-0.15, -0.1) is 0 Å². The number of hydrogen-bond donors (Lipinski definition) is 1. The van der Waals surface area contributed by atoms with Crippen LogP contribution in [0.25, 0.3) is 0 Å². The molecule has 0 amide bonds. The second-order valence-corrected chi connectivity index (χ2v) is 5.95. The molecule has 1 saturated carbocycles. The van der Waals surface area contributed by atoms with Gasteiger partial charge in [-0.3, -0.25) is 4.90 Å². The Morgan fingerprint density at radius 2 is 1.71 bits per heavy atom. The second kappa shape index (κ2) is 6.01. The third-order valence-electron chi connectivity index (χ3n) is 3.85. The molecule has 0 atom stereocenters. The predicted octanol–water partition coefficient (Wildman–Crippen LogP) is 1.83. The SMILES string of the molecule is CC(C)NC(=S)N1CCN(C2CCCC2)CC1. The van der Waals surface area contributed by atoms with Crippen molar-refractivity contribution in [2.45, 2.75) is 51.6 Å². The van der Waals surface area contributed by atoms with Gasteiger partial charge in [-0.05, 0) is 38.9 Å². The van der Waals surface area contributed by atoms with E-state index in [4.69, 9.17) is 12.2 Å². The van der Waals surface area contributed by atoms with Gasteiger partial charge in [0.1, 0.15) is 0 Å². The van der Waals surface area contributed by atoms with E-state index in [0.717, 1.165) is 24.2 Å². The summed E-state index contributed by atoms with van der Waals surface area (Å²) >= 11 is 5.42. The summed E-state index contributed by atoms with van der Waals surface area (Å²) in [5.41, 5.74) is 0. The van der Waals surface area contributed by atoms with Gasteiger partial charge in [-0.2, -0.15) is 0 Å². The molecule has 2 fully saturated rings. The summed E-state index contributed by atoms with van der Waals surface area (Å²) in [4.78, 5) is 4.99. The normalized spacial score (nSPS) is 23.4. The van der Waals surface area contributed by atoms with Crippen molar-refractivity contribution in [2.75, 3.05) is 26.2 Å². The first-order valence-corrected chi connectivity index (χ1v) is 7.37. The summed E-state index contributed by atoms with van der Waals surface area (Å²) in [6.07, 6.45) is 5.68. The van der Waals surface area contributed by atoms with Crippen LogP contribution in [0.4, 0.5) is 0 Å². The molecule has 1 aliphatic carbocycles. The second-order valence-electron chi connectivity index (χ2n) is 5.57. The van der Waals surface area contributed by atoms with Crippen LogP contribution in [0.2, 0.25) is 0 Å². The van der Waals surface area contributed by atoms with Crippen LogP contribution in [-0.4, -0.2) is 53.2 Å². The molecule has 1 heterocycles. The van der Waals surface area contributed by atoms with Crippen LogP contribution < -0.4 is 5.32 Å². The lowest BCUT2D eigenvalue weighted by molar-refractivity contribution is 0.133. The standard InChI is InChI=1S/C13H25N3S/c1-11(2)14-13(17)16-9-7-15(8-10-16)12-5-3-4-6-12/h11-12H,3-10H2,1-2H3,(H,14,17). The van der Waals surface area contributed by atoms with E-state index in [9.17, 15) is 0 Å². The third kappa shape index (κ3) is 3.55. The lowest BCUT2D eigenvalue weighted by atomic mass is 10.2. The Balaban J connectivity index is 1.75. The molecule has 3 nitrogen and oxygen atoms in total. The van der Waals surface area contributed by atoms with Gasteiger partial charge in [0.25, 0.3) is 0 Å². The number of thiocarbonyl (C=S) groups is 1. The molecule has 4 heteroatoms. The maximum absolute atomic E-state index is 5.42. The molecule has 98 valence electrons. The summed E-state index contributed by atoms with van der Waals surface area (Å²) in [6, 6.07) is 1.30. The first-order valence-electron chi connectivity index (χ1n) is 6.96. The van der Waals surface area contributed by atoms with Crippen LogP contribution >= 0.6 is 12.2 Å². The predicted molar refractivity (Wildman–Crippen MR) is 76.3 cm³/mol. The fourth-order valence-electron chi connectivity index (χ4n) is 2.90. The monoisotopic (exact) mass is 255 g/mol. The summed E-state index contributed by atoms with van der Waals surface area (Å²) in [5.74, 6) is 0. The van der Waals surface area contributed by atoms with E-state index in [-0.39, 0.29) is 0 Å². The summed E-state index contributed by atoms with van der Waals surface area (Å²) < 4.78 is 0. The highest BCUT2D eigenvalue weighted by molar-refractivity contribution is 7.80.